The minimum absolute atomic E-state index is 0.00104. The molecule has 8 heteroatoms. The van der Waals surface area contributed by atoms with Crippen LogP contribution in [0.2, 0.25) is 0 Å². The summed E-state index contributed by atoms with van der Waals surface area (Å²) in [6.07, 6.45) is 4.69. The van der Waals surface area contributed by atoms with E-state index in [2.05, 4.69) is 20.0 Å². The van der Waals surface area contributed by atoms with Crippen molar-refractivity contribution in [2.45, 2.75) is 18.5 Å². The van der Waals surface area contributed by atoms with Crippen LogP contribution in [-0.2, 0) is 7.05 Å². The Morgan fingerprint density at radius 2 is 2.04 bits per heavy atom. The van der Waals surface area contributed by atoms with Gasteiger partial charge < -0.3 is 9.80 Å². The molecule has 2 aromatic heterocycles. The third-order valence-corrected chi connectivity index (χ3v) is 4.59. The highest BCUT2D eigenvalue weighted by Gasteiger charge is 2.22. The van der Waals surface area contributed by atoms with Gasteiger partial charge in [-0.05, 0) is 25.7 Å². The minimum Gasteiger partial charge on any atom is -0.355 e. The molecule has 0 bridgehead atoms. The fraction of sp³-hybridized carbons (Fsp3) is 0.500. The highest BCUT2D eigenvalue weighted by atomic mass is 32.2. The van der Waals surface area contributed by atoms with Crippen molar-refractivity contribution in [2.24, 2.45) is 7.05 Å². The second kappa shape index (κ2) is 7.21. The molecular formula is C16H22N6OS. The molecule has 0 radical (unpaired) electrons. The van der Waals surface area contributed by atoms with Crippen LogP contribution in [0.1, 0.15) is 22.6 Å². The molecule has 0 aromatic carbocycles. The fourth-order valence-corrected chi connectivity index (χ4v) is 3.24. The Morgan fingerprint density at radius 3 is 2.75 bits per heavy atom. The summed E-state index contributed by atoms with van der Waals surface area (Å²) in [6, 6.07) is 3.78. The van der Waals surface area contributed by atoms with Crippen molar-refractivity contribution in [1.29, 1.82) is 0 Å². The average Bonchev–Trinajstić information content (AvgIpc) is 2.86. The van der Waals surface area contributed by atoms with Gasteiger partial charge >= 0.3 is 0 Å². The molecule has 1 aliphatic heterocycles. The molecule has 1 amide bonds. The van der Waals surface area contributed by atoms with Gasteiger partial charge in [-0.2, -0.15) is 5.10 Å². The van der Waals surface area contributed by atoms with Crippen molar-refractivity contribution in [3.8, 4) is 0 Å². The van der Waals surface area contributed by atoms with Gasteiger partial charge in [-0.1, -0.05) is 11.8 Å². The van der Waals surface area contributed by atoms with E-state index in [1.54, 1.807) is 28.7 Å². The molecule has 1 fully saturated rings. The highest BCUT2D eigenvalue weighted by molar-refractivity contribution is 7.98. The van der Waals surface area contributed by atoms with Gasteiger partial charge in [-0.15, -0.1) is 0 Å². The van der Waals surface area contributed by atoms with Crippen LogP contribution in [0.4, 0.5) is 5.82 Å². The summed E-state index contributed by atoms with van der Waals surface area (Å²) in [5.74, 6) is 0.945. The van der Waals surface area contributed by atoms with E-state index in [1.807, 2.05) is 31.2 Å². The maximum Gasteiger partial charge on any atom is 0.274 e. The number of nitrogens with zero attached hydrogens (tertiary/aromatic N) is 6. The molecule has 0 N–H and O–H groups in total. The fourth-order valence-electron chi connectivity index (χ4n) is 2.82. The van der Waals surface area contributed by atoms with Crippen molar-refractivity contribution in [3.05, 3.63) is 29.7 Å². The van der Waals surface area contributed by atoms with E-state index in [4.69, 9.17) is 0 Å². The average molecular weight is 346 g/mol. The van der Waals surface area contributed by atoms with Crippen LogP contribution in [0.3, 0.4) is 0 Å². The standard InChI is InChI=1S/C16H22N6OS/c1-12-11-14(18-16(17-12)24-3)21-6-4-7-22(10-9-21)15(23)13-5-8-20(2)19-13/h5,8,11H,4,6-7,9-10H2,1-3H3. The smallest absolute Gasteiger partial charge is 0.274 e. The van der Waals surface area contributed by atoms with Crippen LogP contribution in [0.15, 0.2) is 23.5 Å². The Balaban J connectivity index is 1.71. The van der Waals surface area contributed by atoms with Crippen molar-refractivity contribution < 1.29 is 4.79 Å². The zero-order chi connectivity index (χ0) is 17.1. The molecule has 0 saturated carbocycles. The lowest BCUT2D eigenvalue weighted by Crippen LogP contribution is -2.35. The van der Waals surface area contributed by atoms with Gasteiger partial charge in [0.25, 0.3) is 5.91 Å². The molecule has 3 rings (SSSR count). The quantitative estimate of drug-likeness (QED) is 0.621. The third-order valence-electron chi connectivity index (χ3n) is 4.04. The van der Waals surface area contributed by atoms with Crippen molar-refractivity contribution in [3.63, 3.8) is 0 Å². The van der Waals surface area contributed by atoms with E-state index in [1.165, 1.54) is 0 Å². The number of aryl methyl sites for hydroxylation is 2. The summed E-state index contributed by atoms with van der Waals surface area (Å²) in [5.41, 5.74) is 1.48. The number of amides is 1. The molecule has 0 atom stereocenters. The van der Waals surface area contributed by atoms with Crippen LogP contribution >= 0.6 is 11.8 Å². The van der Waals surface area contributed by atoms with E-state index in [0.717, 1.165) is 42.7 Å². The Bertz CT molecular complexity index is 731. The van der Waals surface area contributed by atoms with Crippen molar-refractivity contribution >= 4 is 23.5 Å². The number of anilines is 1. The molecule has 24 heavy (non-hydrogen) atoms. The number of rotatable bonds is 3. The van der Waals surface area contributed by atoms with Crippen LogP contribution < -0.4 is 4.90 Å². The number of aromatic nitrogens is 4. The molecule has 0 aliphatic carbocycles. The van der Waals surface area contributed by atoms with Crippen molar-refractivity contribution in [1.82, 2.24) is 24.6 Å². The molecule has 128 valence electrons. The van der Waals surface area contributed by atoms with Crippen LogP contribution in [0.5, 0.6) is 0 Å². The van der Waals surface area contributed by atoms with Crippen LogP contribution in [0.25, 0.3) is 0 Å². The van der Waals surface area contributed by atoms with E-state index < -0.39 is 0 Å². The summed E-state index contributed by atoms with van der Waals surface area (Å²) in [7, 11) is 1.82. The monoisotopic (exact) mass is 346 g/mol. The Kier molecular flexibility index (Phi) is 5.03. The molecule has 1 aliphatic rings. The lowest BCUT2D eigenvalue weighted by Gasteiger charge is -2.23. The second-order valence-electron chi connectivity index (χ2n) is 5.86. The normalized spacial score (nSPS) is 15.5. The van der Waals surface area contributed by atoms with Gasteiger partial charge in [0, 0.05) is 51.2 Å². The van der Waals surface area contributed by atoms with Gasteiger partial charge in [-0.25, -0.2) is 9.97 Å². The zero-order valence-electron chi connectivity index (χ0n) is 14.3. The second-order valence-corrected chi connectivity index (χ2v) is 6.64. The highest BCUT2D eigenvalue weighted by Crippen LogP contribution is 2.19. The van der Waals surface area contributed by atoms with Crippen molar-refractivity contribution in [2.75, 3.05) is 37.3 Å². The Morgan fingerprint density at radius 1 is 1.21 bits per heavy atom. The lowest BCUT2D eigenvalue weighted by molar-refractivity contribution is 0.0760. The third kappa shape index (κ3) is 3.69. The molecular weight excluding hydrogens is 324 g/mol. The van der Waals surface area contributed by atoms with E-state index >= 15 is 0 Å². The number of hydrogen-bond donors (Lipinski definition) is 0. The number of carbonyl (C=O) groups is 1. The Hall–Kier alpha value is -2.09. The lowest BCUT2D eigenvalue weighted by atomic mass is 10.3. The Labute approximate surface area is 146 Å². The first-order chi connectivity index (χ1) is 11.6. The predicted octanol–water partition coefficient (Wildman–Crippen LogP) is 1.59. The molecule has 3 heterocycles. The van der Waals surface area contributed by atoms with Gasteiger partial charge in [-0.3, -0.25) is 9.48 Å². The summed E-state index contributed by atoms with van der Waals surface area (Å²) < 4.78 is 1.66. The molecule has 1 saturated heterocycles. The minimum atomic E-state index is 0.00104. The first kappa shape index (κ1) is 16.8. The number of hydrogen-bond acceptors (Lipinski definition) is 6. The largest absolute Gasteiger partial charge is 0.355 e. The molecule has 7 nitrogen and oxygen atoms in total. The zero-order valence-corrected chi connectivity index (χ0v) is 15.1. The topological polar surface area (TPSA) is 67.2 Å². The van der Waals surface area contributed by atoms with Gasteiger partial charge in [0.1, 0.15) is 11.5 Å². The van der Waals surface area contributed by atoms with Crippen LogP contribution in [-0.4, -0.2) is 63.0 Å². The summed E-state index contributed by atoms with van der Waals surface area (Å²) in [5, 5.41) is 5.00. The summed E-state index contributed by atoms with van der Waals surface area (Å²) in [4.78, 5) is 25.7. The summed E-state index contributed by atoms with van der Waals surface area (Å²) in [6.45, 7) is 5.05. The predicted molar refractivity (Wildman–Crippen MR) is 94.5 cm³/mol. The molecule has 0 unspecified atom stereocenters. The van der Waals surface area contributed by atoms with Crippen LogP contribution in [0, 0.1) is 6.92 Å². The first-order valence-corrected chi connectivity index (χ1v) is 9.23. The molecule has 2 aromatic rings. The number of thioether (sulfide) groups is 1. The maximum atomic E-state index is 12.6. The van der Waals surface area contributed by atoms with E-state index in [0.29, 0.717) is 12.2 Å². The SMILES string of the molecule is CSc1nc(C)cc(N2CCCN(C(=O)c3ccn(C)n3)CC2)n1. The maximum absolute atomic E-state index is 12.6. The van der Waals surface area contributed by atoms with Gasteiger partial charge in [0.05, 0.1) is 0 Å². The first-order valence-electron chi connectivity index (χ1n) is 8.00. The van der Waals surface area contributed by atoms with Gasteiger partial charge in [0.15, 0.2) is 5.16 Å². The number of carbonyl (C=O) groups excluding carboxylic acids is 1. The molecule has 0 spiro atoms. The van der Waals surface area contributed by atoms with E-state index in [-0.39, 0.29) is 5.91 Å². The van der Waals surface area contributed by atoms with Gasteiger partial charge in [0.2, 0.25) is 0 Å². The summed E-state index contributed by atoms with van der Waals surface area (Å²) >= 11 is 1.55. The van der Waals surface area contributed by atoms with E-state index in [9.17, 15) is 4.79 Å².